The molecule has 0 N–H and O–H groups in total. The van der Waals surface area contributed by atoms with Gasteiger partial charge < -0.3 is 0 Å². The number of nitro groups is 6. The molecule has 0 amide bonds. The molecule has 0 aromatic heterocycles. The molecule has 0 aromatic carbocycles. The summed E-state index contributed by atoms with van der Waals surface area (Å²) in [7, 11) is 0. The minimum atomic E-state index is -10.3. The first-order chi connectivity index (χ1) is 8.34. The average molecular weight is 427 g/mol. The van der Waals surface area contributed by atoms with Gasteiger partial charge in [-0.3, -0.25) is 0 Å². The molecule has 0 saturated carbocycles. The van der Waals surface area contributed by atoms with E-state index in [1.54, 1.807) is 0 Å². The van der Waals surface area contributed by atoms with Gasteiger partial charge in [0.15, 0.2) is 0 Å². The van der Waals surface area contributed by atoms with Gasteiger partial charge in [-0.15, -0.1) is 0 Å². The maximum Gasteiger partial charge on any atom is 1.00 e. The van der Waals surface area contributed by atoms with Gasteiger partial charge in [0.2, 0.25) is 0 Å². The van der Waals surface area contributed by atoms with Gasteiger partial charge in [0, 0.05) is 0 Å². The van der Waals surface area contributed by atoms with Crippen LogP contribution in [0.25, 0.3) is 0 Å². The van der Waals surface area contributed by atoms with Crippen molar-refractivity contribution in [3.63, 3.8) is 0 Å². The normalized spacial score (nSPS) is 12.0. The van der Waals surface area contributed by atoms with Crippen LogP contribution >= 0.6 is 0 Å². The van der Waals surface area contributed by atoms with Crippen molar-refractivity contribution in [2.75, 3.05) is 0 Å². The first-order valence-electron chi connectivity index (χ1n) is 3.09. The fourth-order valence-electron chi connectivity index (χ4n) is 0.667. The molecular weight excluding hydrogens is 427 g/mol. The van der Waals surface area contributed by atoms with Crippen LogP contribution in [0.2, 0.25) is 0 Å². The van der Waals surface area contributed by atoms with Crippen molar-refractivity contribution < 1.29 is 154 Å². The zero-order valence-corrected chi connectivity index (χ0v) is 21.0. The standard InChI is InChI=1S/Co.6NO2.4Na/c;6*2-1-3;;;;/q-4;;;;;;;4*+1. The van der Waals surface area contributed by atoms with E-state index in [9.17, 15) is 60.7 Å². The fraction of sp³-hybridized carbons (Fsp3) is 0. The van der Waals surface area contributed by atoms with Crippen molar-refractivity contribution in [1.82, 2.24) is 0 Å². The second-order valence-electron chi connectivity index (χ2n) is 2.18. The largest absolute Gasteiger partial charge is 1.00 e. The fourth-order valence-corrected chi connectivity index (χ4v) is 2.75. The number of rotatable bonds is 6. The maximum atomic E-state index is 10.5. The first-order valence-corrected chi connectivity index (χ1v) is 5.88. The van der Waals surface area contributed by atoms with Gasteiger partial charge in [-0.1, -0.05) is 0 Å². The Morgan fingerprint density at radius 3 is 0.478 bits per heavy atom. The summed E-state index contributed by atoms with van der Waals surface area (Å²) in [6.45, 7) is 0. The molecule has 0 radical (unpaired) electrons. The molecule has 0 spiro atoms. The van der Waals surface area contributed by atoms with E-state index in [0.717, 1.165) is 0 Å². The summed E-state index contributed by atoms with van der Waals surface area (Å²) in [5.74, 6) is 0. The van der Waals surface area contributed by atoms with Crippen molar-refractivity contribution in [3.05, 3.63) is 60.7 Å². The summed E-state index contributed by atoms with van der Waals surface area (Å²) in [6.07, 6.45) is 0. The SMILES string of the molecule is O=[N+]([O-])[Co-4]([N+](=O)[O-])([N+](=O)[O-])([N+](=O)[O-])([N+](=O)[O-])[N+](=O)[O-].[Na+].[Na+].[Na+].[Na+]. The Labute approximate surface area is 211 Å². The summed E-state index contributed by atoms with van der Waals surface area (Å²) >= 11 is -10.3. The summed E-state index contributed by atoms with van der Waals surface area (Å²) in [5.41, 5.74) is 0. The third kappa shape index (κ3) is 2.70. The minimum absolute atomic E-state index is 0. The molecule has 0 unspecified atom stereocenters. The van der Waals surface area contributed by atoms with Gasteiger partial charge in [0.25, 0.3) is 0 Å². The summed E-state index contributed by atoms with van der Waals surface area (Å²) in [4.78, 5) is 63.2. The summed E-state index contributed by atoms with van der Waals surface area (Å²) in [5, 5.41) is 63.2. The van der Waals surface area contributed by atoms with Crippen LogP contribution in [-0.4, -0.2) is 23.8 Å². The molecule has 0 aliphatic carbocycles. The van der Waals surface area contributed by atoms with Gasteiger partial charge in [-0.05, 0) is 0 Å². The summed E-state index contributed by atoms with van der Waals surface area (Å²) < 4.78 is -19.6. The third-order valence-electron chi connectivity index (χ3n) is 1.63. The molecule has 23 heavy (non-hydrogen) atoms. The average Bonchev–Trinajstić information content (AvgIpc) is 2.15. The molecule has 0 aromatic rings. The van der Waals surface area contributed by atoms with Gasteiger partial charge in [-0.25, -0.2) is 0 Å². The van der Waals surface area contributed by atoms with Crippen LogP contribution in [0.3, 0.4) is 0 Å². The van der Waals surface area contributed by atoms with Crippen LogP contribution in [0.1, 0.15) is 0 Å². The molecule has 0 bridgehead atoms. The molecule has 0 atom stereocenters. The molecule has 0 aliphatic heterocycles. The van der Waals surface area contributed by atoms with E-state index in [1.165, 1.54) is 0 Å². The van der Waals surface area contributed by atoms with Crippen LogP contribution in [0, 0.1) is 60.7 Å². The van der Waals surface area contributed by atoms with E-state index >= 15 is 0 Å². The van der Waals surface area contributed by atoms with E-state index in [4.69, 9.17) is 0 Å². The Morgan fingerprint density at radius 2 is 0.478 bits per heavy atom. The van der Waals surface area contributed by atoms with Crippen LogP contribution < -0.4 is 118 Å². The second-order valence-corrected chi connectivity index (χ2v) is 7.58. The molecule has 0 aliphatic rings. The molecule has 23 heteroatoms. The van der Waals surface area contributed by atoms with E-state index in [0.29, 0.717) is 0 Å². The second kappa shape index (κ2) is 9.56. The smallest absolute Gasteiger partial charge is 1.00 e. The van der Waals surface area contributed by atoms with E-state index in [2.05, 4.69) is 0 Å². The third-order valence-corrected chi connectivity index (χ3v) is 6.73. The Kier molecular flexibility index (Phi) is 14.6. The molecule has 0 heterocycles. The molecular formula is CoN6Na4O12. The zero-order chi connectivity index (χ0) is 15.9. The van der Waals surface area contributed by atoms with Crippen LogP contribution in [-0.2, 0) is 11.8 Å². The molecule has 0 fully saturated rings. The van der Waals surface area contributed by atoms with Crippen LogP contribution in [0.4, 0.5) is 0 Å². The number of nitrogens with zero attached hydrogens (tertiary/aromatic N) is 6. The monoisotopic (exact) mass is 427 g/mol. The van der Waals surface area contributed by atoms with Crippen LogP contribution in [0.15, 0.2) is 0 Å². The maximum absolute atomic E-state index is 10.5. The van der Waals surface area contributed by atoms with Crippen LogP contribution in [0.5, 0.6) is 0 Å². The number of hydrogen-bond donors (Lipinski definition) is 0. The Bertz CT molecular complexity index is 440. The van der Waals surface area contributed by atoms with Gasteiger partial charge in [0.1, 0.15) is 0 Å². The Morgan fingerprint density at radius 1 is 0.391 bits per heavy atom. The van der Waals surface area contributed by atoms with E-state index < -0.39 is 35.7 Å². The summed E-state index contributed by atoms with van der Waals surface area (Å²) in [6, 6.07) is 0. The van der Waals surface area contributed by atoms with E-state index in [1.807, 2.05) is 0 Å². The van der Waals surface area contributed by atoms with Crippen molar-refractivity contribution in [2.45, 2.75) is 0 Å². The quantitative estimate of drug-likeness (QED) is 0.217. The molecule has 0 saturated heterocycles. The predicted molar refractivity (Wildman–Crippen MR) is 42.0 cm³/mol. The van der Waals surface area contributed by atoms with Crippen molar-refractivity contribution in [3.8, 4) is 0 Å². The zero-order valence-electron chi connectivity index (χ0n) is 11.9. The predicted octanol–water partition coefficient (Wildman–Crippen LogP) is -13.6. The van der Waals surface area contributed by atoms with Gasteiger partial charge >= 0.3 is 215 Å². The number of hydrogen-bond acceptors (Lipinski definition) is 12. The minimum Gasteiger partial charge on any atom is 1.00 e. The molecule has 18 nitrogen and oxygen atoms in total. The molecule has 0 rings (SSSR count). The molecule has 115 valence electrons. The van der Waals surface area contributed by atoms with E-state index in [-0.39, 0.29) is 118 Å². The first kappa shape index (κ1) is 35.1. The Hall–Kier alpha value is 0.906. The van der Waals surface area contributed by atoms with Gasteiger partial charge in [0.05, 0.1) is 0 Å². The van der Waals surface area contributed by atoms with Crippen molar-refractivity contribution in [1.29, 1.82) is 0 Å². The van der Waals surface area contributed by atoms with Crippen molar-refractivity contribution in [2.24, 2.45) is 0 Å². The Balaban J connectivity index is -0.000000270. The van der Waals surface area contributed by atoms with Gasteiger partial charge in [-0.2, -0.15) is 0 Å². The topological polar surface area (TPSA) is 259 Å². The van der Waals surface area contributed by atoms with Crippen molar-refractivity contribution >= 4 is 0 Å².